The molecule has 0 radical (unpaired) electrons. The molecule has 2 N–H and O–H groups in total. The van der Waals surface area contributed by atoms with Gasteiger partial charge in [0.1, 0.15) is 5.75 Å². The highest BCUT2D eigenvalue weighted by molar-refractivity contribution is 5.89. The third kappa shape index (κ3) is 4.06. The minimum absolute atomic E-state index is 0.0320. The standard InChI is InChI=1S/C18H25N3O3/c1-12-9-13(3-6-16(12)24-2)11-21-8-7-19-18(23)15(21)10-17(22)20-14-4-5-14/h3,6,9,14-15H,4-5,7-8,10-11H2,1-2H3,(H,19,23)(H,20,22). The highest BCUT2D eigenvalue weighted by Crippen LogP contribution is 2.22. The number of carbonyl (C=O) groups is 2. The number of methoxy groups -OCH3 is 1. The van der Waals surface area contributed by atoms with Gasteiger partial charge in [-0.05, 0) is 37.0 Å². The van der Waals surface area contributed by atoms with Gasteiger partial charge in [-0.1, -0.05) is 12.1 Å². The summed E-state index contributed by atoms with van der Waals surface area (Å²) in [6, 6.07) is 5.96. The van der Waals surface area contributed by atoms with Gasteiger partial charge in [0.25, 0.3) is 0 Å². The Labute approximate surface area is 142 Å². The van der Waals surface area contributed by atoms with Gasteiger partial charge in [0, 0.05) is 25.7 Å². The number of benzene rings is 1. The monoisotopic (exact) mass is 331 g/mol. The molecule has 24 heavy (non-hydrogen) atoms. The number of rotatable bonds is 6. The molecule has 1 aliphatic carbocycles. The van der Waals surface area contributed by atoms with Crippen LogP contribution in [0.2, 0.25) is 0 Å². The van der Waals surface area contributed by atoms with Gasteiger partial charge in [-0.3, -0.25) is 14.5 Å². The number of aryl methyl sites for hydroxylation is 1. The molecule has 2 fully saturated rings. The topological polar surface area (TPSA) is 70.7 Å². The van der Waals surface area contributed by atoms with E-state index < -0.39 is 6.04 Å². The van der Waals surface area contributed by atoms with Crippen LogP contribution in [0, 0.1) is 6.92 Å². The lowest BCUT2D eigenvalue weighted by Gasteiger charge is -2.34. The number of hydrogen-bond acceptors (Lipinski definition) is 4. The van der Waals surface area contributed by atoms with E-state index in [9.17, 15) is 9.59 Å². The molecule has 1 aliphatic heterocycles. The van der Waals surface area contributed by atoms with Crippen LogP contribution in [0.4, 0.5) is 0 Å². The number of piperazine rings is 1. The van der Waals surface area contributed by atoms with Crippen LogP contribution in [0.1, 0.15) is 30.4 Å². The zero-order valence-electron chi connectivity index (χ0n) is 14.3. The van der Waals surface area contributed by atoms with Gasteiger partial charge in [0.05, 0.1) is 19.6 Å². The number of hydrogen-bond donors (Lipinski definition) is 2. The molecule has 1 unspecified atom stereocenters. The van der Waals surface area contributed by atoms with Crippen molar-refractivity contribution < 1.29 is 14.3 Å². The second-order valence-corrected chi connectivity index (χ2v) is 6.63. The van der Waals surface area contributed by atoms with E-state index in [0.717, 1.165) is 36.3 Å². The maximum absolute atomic E-state index is 12.2. The van der Waals surface area contributed by atoms with Crippen molar-refractivity contribution in [1.82, 2.24) is 15.5 Å². The Bertz CT molecular complexity index is 628. The van der Waals surface area contributed by atoms with Gasteiger partial charge in [-0.25, -0.2) is 0 Å². The molecule has 0 spiro atoms. The number of nitrogens with zero attached hydrogens (tertiary/aromatic N) is 1. The van der Waals surface area contributed by atoms with Crippen molar-refractivity contribution >= 4 is 11.8 Å². The molecule has 1 heterocycles. The molecule has 2 amide bonds. The Kier molecular flexibility index (Phi) is 5.04. The molecule has 1 aromatic rings. The maximum Gasteiger partial charge on any atom is 0.237 e. The summed E-state index contributed by atoms with van der Waals surface area (Å²) in [7, 11) is 1.66. The number of nitrogens with one attached hydrogen (secondary N) is 2. The third-order valence-corrected chi connectivity index (χ3v) is 4.61. The summed E-state index contributed by atoms with van der Waals surface area (Å²) >= 11 is 0. The summed E-state index contributed by atoms with van der Waals surface area (Å²) in [5.41, 5.74) is 2.19. The molecular weight excluding hydrogens is 306 g/mol. The first kappa shape index (κ1) is 16.8. The van der Waals surface area contributed by atoms with Gasteiger partial charge < -0.3 is 15.4 Å². The van der Waals surface area contributed by atoms with Crippen molar-refractivity contribution in [2.75, 3.05) is 20.2 Å². The van der Waals surface area contributed by atoms with Crippen LogP contribution in [0.5, 0.6) is 5.75 Å². The zero-order chi connectivity index (χ0) is 17.1. The van der Waals surface area contributed by atoms with Crippen molar-refractivity contribution in [2.45, 2.75) is 44.8 Å². The van der Waals surface area contributed by atoms with Crippen LogP contribution in [-0.4, -0.2) is 49.0 Å². The maximum atomic E-state index is 12.2. The number of amides is 2. The second kappa shape index (κ2) is 7.21. The van der Waals surface area contributed by atoms with Gasteiger partial charge in [-0.15, -0.1) is 0 Å². The molecule has 130 valence electrons. The van der Waals surface area contributed by atoms with E-state index in [-0.39, 0.29) is 18.2 Å². The fraction of sp³-hybridized carbons (Fsp3) is 0.556. The quantitative estimate of drug-likeness (QED) is 0.815. The van der Waals surface area contributed by atoms with Gasteiger partial charge >= 0.3 is 0 Å². The SMILES string of the molecule is COc1ccc(CN2CCNC(=O)C2CC(=O)NC2CC2)cc1C. The lowest BCUT2D eigenvalue weighted by Crippen LogP contribution is -2.56. The molecule has 6 nitrogen and oxygen atoms in total. The first-order chi connectivity index (χ1) is 11.6. The molecule has 3 rings (SSSR count). The number of ether oxygens (including phenoxy) is 1. The third-order valence-electron chi connectivity index (χ3n) is 4.61. The predicted molar refractivity (Wildman–Crippen MR) is 90.7 cm³/mol. The Morgan fingerprint density at radius 1 is 1.42 bits per heavy atom. The van der Waals surface area contributed by atoms with E-state index in [1.807, 2.05) is 19.1 Å². The highest BCUT2D eigenvalue weighted by Gasteiger charge is 2.33. The Morgan fingerprint density at radius 3 is 2.88 bits per heavy atom. The predicted octanol–water partition coefficient (Wildman–Crippen LogP) is 0.973. The van der Waals surface area contributed by atoms with E-state index >= 15 is 0 Å². The smallest absolute Gasteiger partial charge is 0.237 e. The molecule has 0 bridgehead atoms. The Balaban J connectivity index is 1.67. The van der Waals surface area contributed by atoms with Crippen LogP contribution < -0.4 is 15.4 Å². The second-order valence-electron chi connectivity index (χ2n) is 6.63. The number of carbonyl (C=O) groups excluding carboxylic acids is 2. The average molecular weight is 331 g/mol. The summed E-state index contributed by atoms with van der Waals surface area (Å²) in [5.74, 6) is 0.767. The van der Waals surface area contributed by atoms with Crippen molar-refractivity contribution in [2.24, 2.45) is 0 Å². The minimum atomic E-state index is -0.403. The van der Waals surface area contributed by atoms with Crippen molar-refractivity contribution in [3.63, 3.8) is 0 Å². The first-order valence-corrected chi connectivity index (χ1v) is 8.51. The molecule has 0 aromatic heterocycles. The van der Waals surface area contributed by atoms with Crippen LogP contribution in [0.3, 0.4) is 0 Å². The zero-order valence-corrected chi connectivity index (χ0v) is 14.3. The molecule has 6 heteroatoms. The average Bonchev–Trinajstić information content (AvgIpc) is 3.35. The molecule has 1 saturated carbocycles. The van der Waals surface area contributed by atoms with E-state index in [4.69, 9.17) is 4.74 Å². The largest absolute Gasteiger partial charge is 0.496 e. The van der Waals surface area contributed by atoms with Crippen LogP contribution in [0.15, 0.2) is 18.2 Å². The molecule has 1 aromatic carbocycles. The molecule has 1 atom stereocenters. The fourth-order valence-electron chi connectivity index (χ4n) is 3.14. The minimum Gasteiger partial charge on any atom is -0.496 e. The fourth-order valence-corrected chi connectivity index (χ4v) is 3.14. The first-order valence-electron chi connectivity index (χ1n) is 8.51. The van der Waals surface area contributed by atoms with E-state index in [1.54, 1.807) is 7.11 Å². The lowest BCUT2D eigenvalue weighted by molar-refractivity contribution is -0.134. The van der Waals surface area contributed by atoms with E-state index in [2.05, 4.69) is 21.6 Å². The van der Waals surface area contributed by atoms with Gasteiger partial charge in [0.15, 0.2) is 0 Å². The summed E-state index contributed by atoms with van der Waals surface area (Å²) in [6.07, 6.45) is 2.33. The molecule has 1 saturated heterocycles. The lowest BCUT2D eigenvalue weighted by atomic mass is 10.1. The summed E-state index contributed by atoms with van der Waals surface area (Å²) in [6.45, 7) is 4.03. The van der Waals surface area contributed by atoms with Gasteiger partial charge in [-0.2, -0.15) is 0 Å². The molecular formula is C18H25N3O3. The van der Waals surface area contributed by atoms with Crippen LogP contribution in [-0.2, 0) is 16.1 Å². The van der Waals surface area contributed by atoms with E-state index in [1.165, 1.54) is 0 Å². The summed E-state index contributed by atoms with van der Waals surface area (Å²) in [5, 5.41) is 5.84. The van der Waals surface area contributed by atoms with E-state index in [0.29, 0.717) is 19.1 Å². The van der Waals surface area contributed by atoms with Crippen LogP contribution >= 0.6 is 0 Å². The summed E-state index contributed by atoms with van der Waals surface area (Å²) in [4.78, 5) is 26.4. The van der Waals surface area contributed by atoms with Crippen LogP contribution in [0.25, 0.3) is 0 Å². The van der Waals surface area contributed by atoms with Crippen molar-refractivity contribution in [3.8, 4) is 5.75 Å². The summed E-state index contributed by atoms with van der Waals surface area (Å²) < 4.78 is 5.29. The highest BCUT2D eigenvalue weighted by atomic mass is 16.5. The van der Waals surface area contributed by atoms with Crippen molar-refractivity contribution in [3.05, 3.63) is 29.3 Å². The normalized spacial score (nSPS) is 21.2. The van der Waals surface area contributed by atoms with Gasteiger partial charge in [0.2, 0.25) is 11.8 Å². The van der Waals surface area contributed by atoms with Crippen molar-refractivity contribution in [1.29, 1.82) is 0 Å². The Morgan fingerprint density at radius 2 is 2.21 bits per heavy atom. The Hall–Kier alpha value is -2.08. The molecule has 2 aliphatic rings.